The molecule has 0 unspecified atom stereocenters. The molecule has 1 heterocycles. The molecule has 0 N–H and O–H groups in total. The van der Waals surface area contributed by atoms with Crippen LogP contribution in [0.3, 0.4) is 0 Å². The van der Waals surface area contributed by atoms with Crippen molar-refractivity contribution in [2.75, 3.05) is 7.11 Å². The van der Waals surface area contributed by atoms with Gasteiger partial charge in [-0.25, -0.2) is 0 Å². The van der Waals surface area contributed by atoms with Crippen molar-refractivity contribution < 1.29 is 4.74 Å². The maximum Gasteiger partial charge on any atom is 0.174 e. The number of thiophene rings is 1. The van der Waals surface area contributed by atoms with Crippen LogP contribution >= 0.6 is 45.5 Å². The average molecular weight is 339 g/mol. The van der Waals surface area contributed by atoms with Crippen LogP contribution in [0.4, 0.5) is 0 Å². The predicted octanol–water partition coefficient (Wildman–Crippen LogP) is 4.25. The van der Waals surface area contributed by atoms with Crippen LogP contribution in [0, 0.1) is 3.57 Å². The van der Waals surface area contributed by atoms with Gasteiger partial charge >= 0.3 is 0 Å². The summed E-state index contributed by atoms with van der Waals surface area (Å²) in [6, 6.07) is 6.24. The van der Waals surface area contributed by atoms with Crippen LogP contribution < -0.4 is 4.74 Å². The first-order valence-corrected chi connectivity index (χ1v) is 6.50. The van der Waals surface area contributed by atoms with E-state index in [0.717, 1.165) is 5.06 Å². The lowest BCUT2D eigenvalue weighted by atomic mass is 10.2. The van der Waals surface area contributed by atoms with Crippen molar-refractivity contribution in [1.29, 1.82) is 0 Å². The third kappa shape index (κ3) is 1.73. The highest BCUT2D eigenvalue weighted by atomic mass is 127. The van der Waals surface area contributed by atoms with Crippen LogP contribution in [-0.4, -0.2) is 7.11 Å². The minimum absolute atomic E-state index is 0.555. The number of alkyl halides is 1. The third-order valence-corrected chi connectivity index (χ3v) is 4.49. The summed E-state index contributed by atoms with van der Waals surface area (Å²) in [5.41, 5.74) is 1.21. The highest BCUT2D eigenvalue weighted by Gasteiger charge is 2.08. The molecule has 0 aliphatic rings. The van der Waals surface area contributed by atoms with Gasteiger partial charge in [0.05, 0.1) is 7.11 Å². The minimum atomic E-state index is 0.555. The van der Waals surface area contributed by atoms with E-state index in [4.69, 9.17) is 16.3 Å². The Morgan fingerprint density at radius 2 is 2.29 bits per heavy atom. The van der Waals surface area contributed by atoms with Gasteiger partial charge in [0.1, 0.15) is 0 Å². The van der Waals surface area contributed by atoms with Gasteiger partial charge in [-0.15, -0.1) is 11.6 Å². The number of fused-ring (bicyclic) bond motifs is 1. The summed E-state index contributed by atoms with van der Waals surface area (Å²) >= 11 is 9.89. The summed E-state index contributed by atoms with van der Waals surface area (Å²) in [4.78, 5) is 0. The summed E-state index contributed by atoms with van der Waals surface area (Å²) in [5, 5.41) is 2.15. The second-order valence-electron chi connectivity index (χ2n) is 2.85. The van der Waals surface area contributed by atoms with Gasteiger partial charge in [-0.05, 0) is 45.7 Å². The summed E-state index contributed by atoms with van der Waals surface area (Å²) < 4.78 is 7.67. The van der Waals surface area contributed by atoms with Crippen LogP contribution in [-0.2, 0) is 5.88 Å². The van der Waals surface area contributed by atoms with E-state index >= 15 is 0 Å². The summed E-state index contributed by atoms with van der Waals surface area (Å²) in [7, 11) is 1.69. The van der Waals surface area contributed by atoms with E-state index in [1.807, 2.05) is 6.07 Å². The fourth-order valence-corrected chi connectivity index (χ4v) is 3.76. The molecule has 1 aromatic heterocycles. The van der Waals surface area contributed by atoms with Crippen LogP contribution in [0.15, 0.2) is 18.2 Å². The highest BCUT2D eigenvalue weighted by Crippen LogP contribution is 2.36. The number of hydrogen-bond donors (Lipinski definition) is 0. The molecule has 0 bridgehead atoms. The molecule has 1 nitrogen and oxygen atoms in total. The number of hydrogen-bond acceptors (Lipinski definition) is 2. The summed E-state index contributed by atoms with van der Waals surface area (Å²) in [6.07, 6.45) is 0. The van der Waals surface area contributed by atoms with E-state index in [9.17, 15) is 0 Å². The minimum Gasteiger partial charge on any atom is -0.487 e. The predicted molar refractivity (Wildman–Crippen MR) is 70.7 cm³/mol. The van der Waals surface area contributed by atoms with Crippen molar-refractivity contribution >= 4 is 55.6 Å². The van der Waals surface area contributed by atoms with Gasteiger partial charge in [-0.3, -0.25) is 0 Å². The first-order chi connectivity index (χ1) is 6.76. The van der Waals surface area contributed by atoms with Crippen LogP contribution in [0.25, 0.3) is 10.1 Å². The van der Waals surface area contributed by atoms with Gasteiger partial charge in [0.2, 0.25) is 0 Å². The number of halogens is 2. The SMILES string of the molecule is COc1cc2ccc(I)c(CCl)c2s1. The van der Waals surface area contributed by atoms with E-state index in [0.29, 0.717) is 5.88 Å². The van der Waals surface area contributed by atoms with Crippen molar-refractivity contribution in [3.05, 3.63) is 27.3 Å². The molecule has 0 radical (unpaired) electrons. The first kappa shape index (κ1) is 10.5. The average Bonchev–Trinajstić information content (AvgIpc) is 2.60. The number of benzene rings is 1. The maximum atomic E-state index is 5.92. The molecule has 4 heteroatoms. The van der Waals surface area contributed by atoms with E-state index in [1.165, 1.54) is 19.2 Å². The Hall–Kier alpha value is -0.000000000000000139. The molecular formula is C10H8ClIOS. The van der Waals surface area contributed by atoms with Gasteiger partial charge in [-0.2, -0.15) is 0 Å². The summed E-state index contributed by atoms with van der Waals surface area (Å²) in [5.74, 6) is 0.555. The molecule has 0 saturated heterocycles. The largest absolute Gasteiger partial charge is 0.487 e. The topological polar surface area (TPSA) is 9.23 Å². The van der Waals surface area contributed by atoms with Gasteiger partial charge in [0, 0.05) is 14.2 Å². The molecule has 0 aliphatic heterocycles. The maximum absolute atomic E-state index is 5.92. The number of ether oxygens (including phenoxy) is 1. The van der Waals surface area contributed by atoms with E-state index < -0.39 is 0 Å². The number of methoxy groups -OCH3 is 1. The molecular weight excluding hydrogens is 331 g/mol. The van der Waals surface area contributed by atoms with Crippen molar-refractivity contribution in [2.45, 2.75) is 5.88 Å². The fraction of sp³-hybridized carbons (Fsp3) is 0.200. The van der Waals surface area contributed by atoms with Gasteiger partial charge in [-0.1, -0.05) is 17.4 Å². The molecule has 2 rings (SSSR count). The second kappa shape index (κ2) is 4.24. The molecule has 0 atom stereocenters. The fourth-order valence-electron chi connectivity index (χ4n) is 1.34. The van der Waals surface area contributed by atoms with E-state index in [1.54, 1.807) is 18.4 Å². The van der Waals surface area contributed by atoms with Gasteiger partial charge in [0.25, 0.3) is 0 Å². The van der Waals surface area contributed by atoms with Crippen molar-refractivity contribution in [3.63, 3.8) is 0 Å². The van der Waals surface area contributed by atoms with E-state index in [2.05, 4.69) is 34.7 Å². The third-order valence-electron chi connectivity index (χ3n) is 2.04. The lowest BCUT2D eigenvalue weighted by Gasteiger charge is -2.00. The second-order valence-corrected chi connectivity index (χ2v) is 5.29. The van der Waals surface area contributed by atoms with Crippen molar-refractivity contribution in [2.24, 2.45) is 0 Å². The number of rotatable bonds is 2. The lowest BCUT2D eigenvalue weighted by Crippen LogP contribution is -1.82. The Morgan fingerprint density at radius 1 is 1.50 bits per heavy atom. The zero-order valence-electron chi connectivity index (χ0n) is 7.51. The summed E-state index contributed by atoms with van der Waals surface area (Å²) in [6.45, 7) is 0. The Balaban J connectivity index is 2.73. The Morgan fingerprint density at radius 3 is 2.93 bits per heavy atom. The van der Waals surface area contributed by atoms with Gasteiger partial charge in [0.15, 0.2) is 5.06 Å². The molecule has 0 amide bonds. The lowest BCUT2D eigenvalue weighted by molar-refractivity contribution is 0.427. The monoisotopic (exact) mass is 338 g/mol. The molecule has 1 aromatic carbocycles. The van der Waals surface area contributed by atoms with E-state index in [-0.39, 0.29) is 0 Å². The van der Waals surface area contributed by atoms with Crippen molar-refractivity contribution in [3.8, 4) is 5.06 Å². The van der Waals surface area contributed by atoms with Gasteiger partial charge < -0.3 is 4.74 Å². The molecule has 0 spiro atoms. The smallest absolute Gasteiger partial charge is 0.174 e. The Bertz CT molecular complexity index is 466. The zero-order chi connectivity index (χ0) is 10.1. The van der Waals surface area contributed by atoms with Crippen LogP contribution in [0.1, 0.15) is 5.56 Å². The zero-order valence-corrected chi connectivity index (χ0v) is 11.2. The molecule has 14 heavy (non-hydrogen) atoms. The molecule has 0 fully saturated rings. The highest BCUT2D eigenvalue weighted by molar-refractivity contribution is 14.1. The molecule has 2 aromatic rings. The quantitative estimate of drug-likeness (QED) is 0.587. The normalized spacial score (nSPS) is 10.8. The molecule has 0 aliphatic carbocycles. The molecule has 74 valence electrons. The Labute approximate surface area is 105 Å². The van der Waals surface area contributed by atoms with Crippen LogP contribution in [0.2, 0.25) is 0 Å². The molecule has 0 saturated carbocycles. The standard InChI is InChI=1S/C10H8ClIOS/c1-13-9-4-6-2-3-8(12)7(5-11)10(6)14-9/h2-4H,5H2,1H3. The first-order valence-electron chi connectivity index (χ1n) is 4.07. The Kier molecular flexibility index (Phi) is 3.19. The van der Waals surface area contributed by atoms with Crippen LogP contribution in [0.5, 0.6) is 5.06 Å². The van der Waals surface area contributed by atoms with Crippen molar-refractivity contribution in [1.82, 2.24) is 0 Å².